The highest BCUT2D eigenvalue weighted by atomic mass is 16.2. The molecule has 3 rings (SSSR count). The Kier molecular flexibility index (Phi) is 5.60. The topological polar surface area (TPSA) is 78.1 Å². The maximum atomic E-state index is 13.2. The zero-order valence-corrected chi connectivity index (χ0v) is 14.5. The molecule has 1 aliphatic rings. The lowest BCUT2D eigenvalue weighted by atomic mass is 10.0. The number of hydrogen-bond donors (Lipinski definition) is 2. The standard InChI is InChI=1S/C19H24N4O2/c1-14-11-18(24)22-12-17(14)19(25)23(13-15-5-2-3-9-21-15)16-6-4-8-20-10-7-16/h2-3,5,9,11-12,16,20H,4,6-8,10,13H2,1H3,(H,22,24)/t16-/m0/s1. The largest absolute Gasteiger partial charge is 0.330 e. The van der Waals surface area contributed by atoms with Crippen LogP contribution in [0.4, 0.5) is 0 Å². The summed E-state index contributed by atoms with van der Waals surface area (Å²) in [4.78, 5) is 33.6. The van der Waals surface area contributed by atoms with Crippen LogP contribution in [-0.4, -0.2) is 39.9 Å². The Balaban J connectivity index is 1.91. The number of carbonyl (C=O) groups is 1. The first-order valence-electron chi connectivity index (χ1n) is 8.76. The molecule has 3 heterocycles. The van der Waals surface area contributed by atoms with Gasteiger partial charge in [-0.15, -0.1) is 0 Å². The fraction of sp³-hybridized carbons (Fsp3) is 0.421. The average molecular weight is 340 g/mol. The Morgan fingerprint density at radius 1 is 1.32 bits per heavy atom. The third-order valence-corrected chi connectivity index (χ3v) is 4.67. The summed E-state index contributed by atoms with van der Waals surface area (Å²) in [5, 5.41) is 3.39. The van der Waals surface area contributed by atoms with Gasteiger partial charge in [0.05, 0.1) is 17.8 Å². The van der Waals surface area contributed by atoms with E-state index in [4.69, 9.17) is 0 Å². The average Bonchev–Trinajstić information content (AvgIpc) is 2.89. The van der Waals surface area contributed by atoms with Gasteiger partial charge in [-0.1, -0.05) is 6.07 Å². The van der Waals surface area contributed by atoms with Gasteiger partial charge in [-0.25, -0.2) is 0 Å². The molecular formula is C19H24N4O2. The van der Waals surface area contributed by atoms with Crippen molar-refractivity contribution in [1.82, 2.24) is 20.2 Å². The van der Waals surface area contributed by atoms with Crippen LogP contribution < -0.4 is 10.9 Å². The number of H-pyrrole nitrogens is 1. The Bertz CT molecular complexity index is 764. The van der Waals surface area contributed by atoms with E-state index >= 15 is 0 Å². The SMILES string of the molecule is Cc1cc(=O)[nH]cc1C(=O)N(Cc1ccccn1)[C@H]1CCCNCC1. The van der Waals surface area contributed by atoms with Crippen LogP contribution in [0.15, 0.2) is 41.5 Å². The van der Waals surface area contributed by atoms with Crippen LogP contribution in [-0.2, 0) is 6.54 Å². The minimum absolute atomic E-state index is 0.0497. The smallest absolute Gasteiger partial charge is 0.256 e. The van der Waals surface area contributed by atoms with Crippen LogP contribution in [0, 0.1) is 6.92 Å². The summed E-state index contributed by atoms with van der Waals surface area (Å²) >= 11 is 0. The predicted molar refractivity (Wildman–Crippen MR) is 96.4 cm³/mol. The molecule has 0 spiro atoms. The number of aromatic nitrogens is 2. The first-order valence-corrected chi connectivity index (χ1v) is 8.76. The van der Waals surface area contributed by atoms with E-state index in [0.29, 0.717) is 17.7 Å². The number of carbonyl (C=O) groups excluding carboxylic acids is 1. The van der Waals surface area contributed by atoms with Crippen molar-refractivity contribution in [1.29, 1.82) is 0 Å². The Morgan fingerprint density at radius 3 is 2.96 bits per heavy atom. The quantitative estimate of drug-likeness (QED) is 0.890. The van der Waals surface area contributed by atoms with Crippen molar-refractivity contribution in [2.24, 2.45) is 0 Å². The lowest BCUT2D eigenvalue weighted by Crippen LogP contribution is -2.41. The lowest BCUT2D eigenvalue weighted by molar-refractivity contribution is 0.0641. The number of aryl methyl sites for hydroxylation is 1. The first kappa shape index (κ1) is 17.4. The maximum Gasteiger partial charge on any atom is 0.256 e. The molecule has 1 saturated heterocycles. The van der Waals surface area contributed by atoms with E-state index in [2.05, 4.69) is 15.3 Å². The molecule has 2 N–H and O–H groups in total. The van der Waals surface area contributed by atoms with Gasteiger partial charge in [0.2, 0.25) is 5.56 Å². The molecule has 0 aromatic carbocycles. The van der Waals surface area contributed by atoms with Gasteiger partial charge in [-0.3, -0.25) is 14.6 Å². The minimum Gasteiger partial charge on any atom is -0.330 e. The van der Waals surface area contributed by atoms with E-state index in [1.54, 1.807) is 13.1 Å². The van der Waals surface area contributed by atoms with Crippen molar-refractivity contribution < 1.29 is 4.79 Å². The molecule has 1 aliphatic heterocycles. The van der Waals surface area contributed by atoms with Gasteiger partial charge in [0.1, 0.15) is 0 Å². The van der Waals surface area contributed by atoms with E-state index in [1.165, 1.54) is 12.3 Å². The van der Waals surface area contributed by atoms with Gasteiger partial charge in [0.15, 0.2) is 0 Å². The fourth-order valence-corrected chi connectivity index (χ4v) is 3.30. The lowest BCUT2D eigenvalue weighted by Gasteiger charge is -2.31. The summed E-state index contributed by atoms with van der Waals surface area (Å²) in [7, 11) is 0. The van der Waals surface area contributed by atoms with Gasteiger partial charge in [-0.05, 0) is 57.0 Å². The molecule has 6 heteroatoms. The second-order valence-corrected chi connectivity index (χ2v) is 6.48. The highest BCUT2D eigenvalue weighted by Crippen LogP contribution is 2.20. The third-order valence-electron chi connectivity index (χ3n) is 4.67. The van der Waals surface area contributed by atoms with E-state index in [1.807, 2.05) is 23.1 Å². The summed E-state index contributed by atoms with van der Waals surface area (Å²) in [5.41, 5.74) is 1.93. The molecule has 1 atom stereocenters. The van der Waals surface area contributed by atoms with Crippen molar-refractivity contribution in [2.75, 3.05) is 13.1 Å². The second kappa shape index (κ2) is 8.07. The fourth-order valence-electron chi connectivity index (χ4n) is 3.30. The van der Waals surface area contributed by atoms with Gasteiger partial charge >= 0.3 is 0 Å². The minimum atomic E-state index is -0.191. The number of nitrogens with one attached hydrogen (secondary N) is 2. The molecule has 132 valence electrons. The molecule has 0 saturated carbocycles. The number of amides is 1. The zero-order chi connectivity index (χ0) is 17.6. The van der Waals surface area contributed by atoms with Crippen molar-refractivity contribution in [3.63, 3.8) is 0 Å². The third kappa shape index (κ3) is 4.33. The van der Waals surface area contributed by atoms with Crippen LogP contribution in [0.3, 0.4) is 0 Å². The number of hydrogen-bond acceptors (Lipinski definition) is 4. The summed E-state index contributed by atoms with van der Waals surface area (Å²) in [6, 6.07) is 7.38. The Hall–Kier alpha value is -2.47. The van der Waals surface area contributed by atoms with Crippen LogP contribution in [0.1, 0.15) is 40.9 Å². The zero-order valence-electron chi connectivity index (χ0n) is 14.5. The summed E-state index contributed by atoms with van der Waals surface area (Å²) in [5.74, 6) is -0.0497. The number of aromatic amines is 1. The maximum absolute atomic E-state index is 13.2. The molecule has 0 aliphatic carbocycles. The second-order valence-electron chi connectivity index (χ2n) is 6.48. The summed E-state index contributed by atoms with van der Waals surface area (Å²) in [6.45, 7) is 4.17. The van der Waals surface area contributed by atoms with E-state index in [0.717, 1.165) is 38.0 Å². The van der Waals surface area contributed by atoms with Gasteiger partial charge < -0.3 is 15.2 Å². The number of nitrogens with zero attached hydrogens (tertiary/aromatic N) is 2. The monoisotopic (exact) mass is 340 g/mol. The molecule has 1 amide bonds. The molecular weight excluding hydrogens is 316 g/mol. The van der Waals surface area contributed by atoms with Crippen LogP contribution in [0.2, 0.25) is 0 Å². The molecule has 2 aromatic heterocycles. The van der Waals surface area contributed by atoms with Crippen LogP contribution in [0.5, 0.6) is 0 Å². The molecule has 0 bridgehead atoms. The van der Waals surface area contributed by atoms with E-state index < -0.39 is 0 Å². The Morgan fingerprint density at radius 2 is 2.20 bits per heavy atom. The van der Waals surface area contributed by atoms with Crippen molar-refractivity contribution in [3.05, 3.63) is 63.8 Å². The molecule has 1 fully saturated rings. The molecule has 6 nitrogen and oxygen atoms in total. The van der Waals surface area contributed by atoms with E-state index in [-0.39, 0.29) is 17.5 Å². The van der Waals surface area contributed by atoms with Crippen LogP contribution in [0.25, 0.3) is 0 Å². The van der Waals surface area contributed by atoms with E-state index in [9.17, 15) is 9.59 Å². The summed E-state index contributed by atoms with van der Waals surface area (Å²) in [6.07, 6.45) is 6.20. The highest BCUT2D eigenvalue weighted by molar-refractivity contribution is 5.95. The van der Waals surface area contributed by atoms with Crippen molar-refractivity contribution >= 4 is 5.91 Å². The van der Waals surface area contributed by atoms with Crippen molar-refractivity contribution in [2.45, 2.75) is 38.8 Å². The molecule has 2 aromatic rings. The number of pyridine rings is 2. The van der Waals surface area contributed by atoms with Gasteiger partial charge in [0.25, 0.3) is 5.91 Å². The highest BCUT2D eigenvalue weighted by Gasteiger charge is 2.27. The Labute approximate surface area is 147 Å². The first-order chi connectivity index (χ1) is 12.1. The molecule has 0 radical (unpaired) electrons. The van der Waals surface area contributed by atoms with Gasteiger partial charge in [-0.2, -0.15) is 0 Å². The summed E-state index contributed by atoms with van der Waals surface area (Å²) < 4.78 is 0. The predicted octanol–water partition coefficient (Wildman–Crippen LogP) is 1.86. The van der Waals surface area contributed by atoms with Gasteiger partial charge in [0, 0.05) is 24.5 Å². The number of rotatable bonds is 4. The molecule has 25 heavy (non-hydrogen) atoms. The van der Waals surface area contributed by atoms with Crippen LogP contribution >= 0.6 is 0 Å². The van der Waals surface area contributed by atoms with Crippen molar-refractivity contribution in [3.8, 4) is 0 Å². The normalized spacial score (nSPS) is 17.7. The molecule has 0 unspecified atom stereocenters.